The topological polar surface area (TPSA) is 0 Å². The lowest BCUT2D eigenvalue weighted by Crippen LogP contribution is -1.67. The smallest absolute Gasteiger partial charge is 0.0352 e. The van der Waals surface area contributed by atoms with Crippen LogP contribution >= 0.6 is 0 Å². The number of hydrogen-bond acceptors (Lipinski definition) is 0. The molecule has 0 spiro atoms. The van der Waals surface area contributed by atoms with E-state index in [1.165, 1.54) is 18.4 Å². The molecule has 11 heavy (non-hydrogen) atoms. The van der Waals surface area contributed by atoms with E-state index in [4.69, 9.17) is 0 Å². The second-order valence-electron chi connectivity index (χ2n) is 2.51. The molecule has 0 saturated heterocycles. The molecule has 0 heterocycles. The minimum Gasteiger partial charge on any atom is -0.103 e. The highest BCUT2D eigenvalue weighted by atomic mass is 13.8. The number of rotatable bonds is 3. The highest BCUT2D eigenvalue weighted by molar-refractivity contribution is 4.95. The Labute approximate surface area is 72.0 Å². The average Bonchev–Trinajstić information content (AvgIpc) is 2.05. The molecule has 0 N–H and O–H groups in total. The SMILES string of the molecule is C=CCC.CC/C=C(\C)CC. The standard InChI is InChI=1S/C7H14.C4H8/c1-4-6-7(3)5-2;1-3-4-2/h6H,4-5H2,1-3H3;3H,1,4H2,2H3/b7-6+;. The van der Waals surface area contributed by atoms with Gasteiger partial charge in [-0.05, 0) is 26.2 Å². The fourth-order valence-corrected chi connectivity index (χ4v) is 0.493. The zero-order chi connectivity index (χ0) is 9.11. The zero-order valence-electron chi connectivity index (χ0n) is 8.48. The number of allylic oxidation sites excluding steroid dienone is 3. The van der Waals surface area contributed by atoms with Crippen molar-refractivity contribution in [1.82, 2.24) is 0 Å². The third-order valence-electron chi connectivity index (χ3n) is 1.40. The second kappa shape index (κ2) is 12.2. The lowest BCUT2D eigenvalue weighted by Gasteiger charge is -1.88. The lowest BCUT2D eigenvalue weighted by atomic mass is 10.2. The molecule has 0 aromatic heterocycles. The highest BCUT2D eigenvalue weighted by Crippen LogP contribution is 1.97. The number of hydrogen-bond donors (Lipinski definition) is 0. The van der Waals surface area contributed by atoms with Crippen molar-refractivity contribution in [3.05, 3.63) is 24.3 Å². The highest BCUT2D eigenvalue weighted by Gasteiger charge is 1.76. The second-order valence-corrected chi connectivity index (χ2v) is 2.51. The Balaban J connectivity index is 0. The fourth-order valence-electron chi connectivity index (χ4n) is 0.493. The Kier molecular flexibility index (Phi) is 14.5. The summed E-state index contributed by atoms with van der Waals surface area (Å²) in [4.78, 5) is 0. The molecule has 0 unspecified atom stereocenters. The van der Waals surface area contributed by atoms with Crippen molar-refractivity contribution in [3.8, 4) is 0 Å². The predicted octanol–water partition coefficient (Wildman–Crippen LogP) is 4.34. The summed E-state index contributed by atoms with van der Waals surface area (Å²) in [5.41, 5.74) is 1.50. The van der Waals surface area contributed by atoms with Crippen LogP contribution in [0.15, 0.2) is 24.3 Å². The van der Waals surface area contributed by atoms with Gasteiger partial charge in [-0.15, -0.1) is 6.58 Å². The van der Waals surface area contributed by atoms with Gasteiger partial charge in [-0.2, -0.15) is 0 Å². The van der Waals surface area contributed by atoms with Crippen LogP contribution in [0.2, 0.25) is 0 Å². The summed E-state index contributed by atoms with van der Waals surface area (Å²) in [6, 6.07) is 0. The van der Waals surface area contributed by atoms with E-state index in [1.54, 1.807) is 0 Å². The van der Waals surface area contributed by atoms with E-state index >= 15 is 0 Å². The predicted molar refractivity (Wildman–Crippen MR) is 54.8 cm³/mol. The maximum absolute atomic E-state index is 3.48. The van der Waals surface area contributed by atoms with Gasteiger partial charge in [0.25, 0.3) is 0 Å². The van der Waals surface area contributed by atoms with Crippen LogP contribution in [0.5, 0.6) is 0 Å². The first-order valence-electron chi connectivity index (χ1n) is 4.49. The van der Waals surface area contributed by atoms with E-state index in [0.29, 0.717) is 0 Å². The first kappa shape index (κ1) is 13.1. The van der Waals surface area contributed by atoms with Gasteiger partial charge in [0.15, 0.2) is 0 Å². The van der Waals surface area contributed by atoms with Gasteiger partial charge in [0.2, 0.25) is 0 Å². The first-order valence-corrected chi connectivity index (χ1v) is 4.49. The van der Waals surface area contributed by atoms with Crippen molar-refractivity contribution in [1.29, 1.82) is 0 Å². The molecule has 0 heteroatoms. The van der Waals surface area contributed by atoms with Crippen LogP contribution in [-0.2, 0) is 0 Å². The van der Waals surface area contributed by atoms with Crippen molar-refractivity contribution in [2.45, 2.75) is 47.0 Å². The van der Waals surface area contributed by atoms with Crippen LogP contribution in [0.25, 0.3) is 0 Å². The molecule has 0 saturated carbocycles. The molecular weight excluding hydrogens is 132 g/mol. The molecule has 66 valence electrons. The van der Waals surface area contributed by atoms with Crippen LogP contribution in [0.1, 0.15) is 47.0 Å². The van der Waals surface area contributed by atoms with Gasteiger partial charge < -0.3 is 0 Å². The van der Waals surface area contributed by atoms with Crippen molar-refractivity contribution >= 4 is 0 Å². The molecule has 0 atom stereocenters. The van der Waals surface area contributed by atoms with Crippen LogP contribution in [0.4, 0.5) is 0 Å². The molecular formula is C11H22. The minimum atomic E-state index is 1.08. The fraction of sp³-hybridized carbons (Fsp3) is 0.636. The molecule has 0 aliphatic carbocycles. The van der Waals surface area contributed by atoms with E-state index in [0.717, 1.165) is 6.42 Å². The molecule has 0 rings (SSSR count). The van der Waals surface area contributed by atoms with Gasteiger partial charge >= 0.3 is 0 Å². The van der Waals surface area contributed by atoms with E-state index in [9.17, 15) is 0 Å². The average molecular weight is 154 g/mol. The Morgan fingerprint density at radius 1 is 1.18 bits per heavy atom. The maximum atomic E-state index is 3.48. The minimum absolute atomic E-state index is 1.08. The lowest BCUT2D eigenvalue weighted by molar-refractivity contribution is 1.06. The van der Waals surface area contributed by atoms with E-state index < -0.39 is 0 Å². The molecule has 0 aliphatic rings. The monoisotopic (exact) mass is 154 g/mol. The Hall–Kier alpha value is -0.520. The summed E-state index contributed by atoms with van der Waals surface area (Å²) in [5.74, 6) is 0. The Bertz CT molecular complexity index is 98.6. The Morgan fingerprint density at radius 3 is 1.73 bits per heavy atom. The summed E-state index contributed by atoms with van der Waals surface area (Å²) in [6.07, 6.45) is 7.60. The summed E-state index contributed by atoms with van der Waals surface area (Å²) >= 11 is 0. The quantitative estimate of drug-likeness (QED) is 0.531. The van der Waals surface area contributed by atoms with Crippen molar-refractivity contribution in [3.63, 3.8) is 0 Å². The Morgan fingerprint density at radius 2 is 1.64 bits per heavy atom. The molecule has 0 radical (unpaired) electrons. The van der Waals surface area contributed by atoms with Gasteiger partial charge in [0, 0.05) is 0 Å². The largest absolute Gasteiger partial charge is 0.103 e. The van der Waals surface area contributed by atoms with Gasteiger partial charge in [-0.3, -0.25) is 0 Å². The van der Waals surface area contributed by atoms with Gasteiger partial charge in [-0.25, -0.2) is 0 Å². The summed E-state index contributed by atoms with van der Waals surface area (Å²) in [5, 5.41) is 0. The van der Waals surface area contributed by atoms with Gasteiger partial charge in [-0.1, -0.05) is 38.5 Å². The van der Waals surface area contributed by atoms with Gasteiger partial charge in [0.1, 0.15) is 0 Å². The zero-order valence-corrected chi connectivity index (χ0v) is 8.48. The molecule has 0 fully saturated rings. The summed E-state index contributed by atoms with van der Waals surface area (Å²) in [7, 11) is 0. The van der Waals surface area contributed by atoms with Gasteiger partial charge in [0.05, 0.1) is 0 Å². The van der Waals surface area contributed by atoms with E-state index in [-0.39, 0.29) is 0 Å². The third kappa shape index (κ3) is 17.7. The normalized spacial score (nSPS) is 10.0. The third-order valence-corrected chi connectivity index (χ3v) is 1.40. The molecule has 0 bridgehead atoms. The first-order chi connectivity index (χ1) is 5.22. The van der Waals surface area contributed by atoms with Crippen LogP contribution in [-0.4, -0.2) is 0 Å². The van der Waals surface area contributed by atoms with Crippen molar-refractivity contribution in [2.75, 3.05) is 0 Å². The summed E-state index contributed by atoms with van der Waals surface area (Å²) in [6.45, 7) is 12.1. The van der Waals surface area contributed by atoms with Crippen molar-refractivity contribution < 1.29 is 0 Å². The molecule has 0 aromatic carbocycles. The van der Waals surface area contributed by atoms with Crippen molar-refractivity contribution in [2.24, 2.45) is 0 Å². The van der Waals surface area contributed by atoms with E-state index in [1.807, 2.05) is 6.08 Å². The van der Waals surface area contributed by atoms with Crippen LogP contribution < -0.4 is 0 Å². The molecule has 0 aliphatic heterocycles. The molecule has 0 amide bonds. The molecule has 0 aromatic rings. The van der Waals surface area contributed by atoms with Crippen LogP contribution in [0, 0.1) is 0 Å². The van der Waals surface area contributed by atoms with E-state index in [2.05, 4.69) is 40.3 Å². The van der Waals surface area contributed by atoms with Crippen LogP contribution in [0.3, 0.4) is 0 Å². The maximum Gasteiger partial charge on any atom is -0.0352 e. The molecule has 0 nitrogen and oxygen atoms in total. The summed E-state index contributed by atoms with van der Waals surface area (Å²) < 4.78 is 0.